The van der Waals surface area contributed by atoms with Crippen LogP contribution in [0.4, 0.5) is 0 Å². The zero-order valence-electron chi connectivity index (χ0n) is 11.8. The number of hydrogen-bond donors (Lipinski definition) is 2. The highest BCUT2D eigenvalue weighted by molar-refractivity contribution is 5.91. The number of aromatic amines is 1. The molecule has 104 valence electrons. The van der Waals surface area contributed by atoms with Crippen LogP contribution in [0, 0.1) is 6.92 Å². The molecule has 1 atom stereocenters. The van der Waals surface area contributed by atoms with E-state index >= 15 is 0 Å². The largest absolute Gasteiger partial charge is 0.347 e. The molecule has 2 aromatic rings. The van der Waals surface area contributed by atoms with Gasteiger partial charge in [-0.05, 0) is 25.0 Å². The van der Waals surface area contributed by atoms with Gasteiger partial charge in [-0.25, -0.2) is 4.98 Å². The van der Waals surface area contributed by atoms with E-state index in [4.69, 9.17) is 0 Å². The molecule has 20 heavy (non-hydrogen) atoms. The van der Waals surface area contributed by atoms with Crippen molar-refractivity contribution in [2.75, 3.05) is 0 Å². The van der Waals surface area contributed by atoms with E-state index in [-0.39, 0.29) is 11.9 Å². The number of H-pyrrole nitrogens is 1. The third-order valence-electron chi connectivity index (χ3n) is 3.08. The summed E-state index contributed by atoms with van der Waals surface area (Å²) in [6.07, 6.45) is 7.59. The Kier molecular flexibility index (Phi) is 4.71. The van der Waals surface area contributed by atoms with Crippen LogP contribution >= 0.6 is 0 Å². The van der Waals surface area contributed by atoms with E-state index in [9.17, 15) is 4.79 Å². The number of nitrogens with one attached hydrogen (secondary N) is 2. The molecule has 4 heteroatoms. The second kappa shape index (κ2) is 6.70. The van der Waals surface area contributed by atoms with Crippen molar-refractivity contribution in [2.24, 2.45) is 0 Å². The molecule has 0 aliphatic heterocycles. The average Bonchev–Trinajstić information content (AvgIpc) is 2.98. The summed E-state index contributed by atoms with van der Waals surface area (Å²) in [6.45, 7) is 4.05. The number of benzene rings is 1. The lowest BCUT2D eigenvalue weighted by Gasteiger charge is -2.12. The molecule has 0 fully saturated rings. The number of carbonyl (C=O) groups is 1. The molecule has 1 aromatic heterocycles. The van der Waals surface area contributed by atoms with Gasteiger partial charge in [-0.15, -0.1) is 0 Å². The molecule has 0 saturated heterocycles. The second-order valence-corrected chi connectivity index (χ2v) is 4.69. The predicted molar refractivity (Wildman–Crippen MR) is 80.0 cm³/mol. The van der Waals surface area contributed by atoms with Crippen LogP contribution in [-0.2, 0) is 4.79 Å². The van der Waals surface area contributed by atoms with E-state index in [1.54, 1.807) is 18.5 Å². The van der Waals surface area contributed by atoms with Gasteiger partial charge in [-0.3, -0.25) is 4.79 Å². The second-order valence-electron chi connectivity index (χ2n) is 4.69. The first-order chi connectivity index (χ1) is 9.69. The lowest BCUT2D eigenvalue weighted by molar-refractivity contribution is -0.117. The van der Waals surface area contributed by atoms with E-state index in [1.807, 2.05) is 44.2 Å². The topological polar surface area (TPSA) is 57.8 Å². The Balaban J connectivity index is 1.96. The van der Waals surface area contributed by atoms with Crippen molar-refractivity contribution in [3.8, 4) is 0 Å². The maximum Gasteiger partial charge on any atom is 0.244 e. The van der Waals surface area contributed by atoms with Gasteiger partial charge in [0.05, 0.1) is 6.04 Å². The molecule has 1 amide bonds. The van der Waals surface area contributed by atoms with E-state index < -0.39 is 0 Å². The Morgan fingerprint density at radius 2 is 2.15 bits per heavy atom. The van der Waals surface area contributed by atoms with Gasteiger partial charge in [0.2, 0.25) is 5.91 Å². The Hall–Kier alpha value is -2.36. The summed E-state index contributed by atoms with van der Waals surface area (Å²) in [5.41, 5.74) is 2.22. The van der Waals surface area contributed by atoms with Crippen molar-refractivity contribution in [1.82, 2.24) is 15.3 Å². The lowest BCUT2D eigenvalue weighted by atomic mass is 10.1. The summed E-state index contributed by atoms with van der Waals surface area (Å²) in [5, 5.41) is 2.93. The van der Waals surface area contributed by atoms with Gasteiger partial charge in [0.25, 0.3) is 0 Å². The predicted octanol–water partition coefficient (Wildman–Crippen LogP) is 3.00. The van der Waals surface area contributed by atoms with E-state index in [0.29, 0.717) is 0 Å². The standard InChI is InChI=1S/C16H19N3O/c1-3-14(16-17-10-11-18-16)19-15(20)9-8-13-6-4-12(2)5-7-13/h4-11,14H,3H2,1-2H3,(H,17,18)(H,19,20)/b9-8+. The van der Waals surface area contributed by atoms with Crippen molar-refractivity contribution in [2.45, 2.75) is 26.3 Å². The Labute approximate surface area is 118 Å². The van der Waals surface area contributed by atoms with Gasteiger partial charge in [0.1, 0.15) is 5.82 Å². The molecule has 1 aromatic carbocycles. The number of imidazole rings is 1. The summed E-state index contributed by atoms with van der Waals surface area (Å²) >= 11 is 0. The van der Waals surface area contributed by atoms with Gasteiger partial charge < -0.3 is 10.3 Å². The molecular weight excluding hydrogens is 250 g/mol. The van der Waals surface area contributed by atoms with Crippen LogP contribution in [-0.4, -0.2) is 15.9 Å². The quantitative estimate of drug-likeness (QED) is 0.820. The summed E-state index contributed by atoms with van der Waals surface area (Å²) in [7, 11) is 0. The molecular formula is C16H19N3O. The van der Waals surface area contributed by atoms with Gasteiger partial charge in [0, 0.05) is 18.5 Å². The Morgan fingerprint density at radius 3 is 2.75 bits per heavy atom. The molecule has 0 bridgehead atoms. The van der Waals surface area contributed by atoms with Crippen molar-refractivity contribution in [3.63, 3.8) is 0 Å². The van der Waals surface area contributed by atoms with Gasteiger partial charge in [-0.2, -0.15) is 0 Å². The highest BCUT2D eigenvalue weighted by Crippen LogP contribution is 2.11. The van der Waals surface area contributed by atoms with Crippen LogP contribution in [0.5, 0.6) is 0 Å². The van der Waals surface area contributed by atoms with Gasteiger partial charge in [-0.1, -0.05) is 36.8 Å². The lowest BCUT2D eigenvalue weighted by Crippen LogP contribution is -2.27. The Morgan fingerprint density at radius 1 is 1.40 bits per heavy atom. The smallest absolute Gasteiger partial charge is 0.244 e. The zero-order chi connectivity index (χ0) is 14.4. The third-order valence-corrected chi connectivity index (χ3v) is 3.08. The number of amides is 1. The minimum atomic E-state index is -0.117. The molecule has 0 saturated carbocycles. The van der Waals surface area contributed by atoms with Crippen LogP contribution in [0.25, 0.3) is 6.08 Å². The van der Waals surface area contributed by atoms with Crippen molar-refractivity contribution < 1.29 is 4.79 Å². The molecule has 2 rings (SSSR count). The number of hydrogen-bond acceptors (Lipinski definition) is 2. The molecule has 1 unspecified atom stereocenters. The highest BCUT2D eigenvalue weighted by Gasteiger charge is 2.12. The molecule has 4 nitrogen and oxygen atoms in total. The molecule has 0 radical (unpaired) electrons. The fourth-order valence-electron chi connectivity index (χ4n) is 1.90. The first-order valence-corrected chi connectivity index (χ1v) is 6.73. The minimum Gasteiger partial charge on any atom is -0.347 e. The van der Waals surface area contributed by atoms with Crippen LogP contribution in [0.1, 0.15) is 36.3 Å². The van der Waals surface area contributed by atoms with Crippen LogP contribution in [0.2, 0.25) is 0 Å². The number of nitrogens with zero attached hydrogens (tertiary/aromatic N) is 1. The fourth-order valence-corrected chi connectivity index (χ4v) is 1.90. The molecule has 0 spiro atoms. The molecule has 1 heterocycles. The summed E-state index contributed by atoms with van der Waals surface area (Å²) in [5.74, 6) is 0.665. The minimum absolute atomic E-state index is 0.0832. The van der Waals surface area contributed by atoms with Gasteiger partial charge >= 0.3 is 0 Å². The van der Waals surface area contributed by atoms with E-state index in [2.05, 4.69) is 15.3 Å². The van der Waals surface area contributed by atoms with Crippen molar-refractivity contribution >= 4 is 12.0 Å². The first-order valence-electron chi connectivity index (χ1n) is 6.73. The van der Waals surface area contributed by atoms with E-state index in [0.717, 1.165) is 17.8 Å². The third kappa shape index (κ3) is 3.82. The average molecular weight is 269 g/mol. The number of aromatic nitrogens is 2. The normalized spacial score (nSPS) is 12.5. The zero-order valence-corrected chi connectivity index (χ0v) is 11.8. The molecule has 2 N–H and O–H groups in total. The fraction of sp³-hybridized carbons (Fsp3) is 0.250. The Bertz CT molecular complexity index is 570. The van der Waals surface area contributed by atoms with Crippen molar-refractivity contribution in [3.05, 3.63) is 59.7 Å². The summed E-state index contributed by atoms with van der Waals surface area (Å²) in [6, 6.07) is 7.94. The highest BCUT2D eigenvalue weighted by atomic mass is 16.1. The van der Waals surface area contributed by atoms with Gasteiger partial charge in [0.15, 0.2) is 0 Å². The number of rotatable bonds is 5. The molecule has 0 aliphatic carbocycles. The van der Waals surface area contributed by atoms with Crippen molar-refractivity contribution in [1.29, 1.82) is 0 Å². The first kappa shape index (κ1) is 14.1. The van der Waals surface area contributed by atoms with Crippen LogP contribution in [0.15, 0.2) is 42.7 Å². The monoisotopic (exact) mass is 269 g/mol. The van der Waals surface area contributed by atoms with E-state index in [1.165, 1.54) is 5.56 Å². The number of aryl methyl sites for hydroxylation is 1. The maximum absolute atomic E-state index is 11.9. The summed E-state index contributed by atoms with van der Waals surface area (Å²) in [4.78, 5) is 19.1. The summed E-state index contributed by atoms with van der Waals surface area (Å²) < 4.78 is 0. The van der Waals surface area contributed by atoms with Crippen LogP contribution in [0.3, 0.4) is 0 Å². The number of carbonyl (C=O) groups excluding carboxylic acids is 1. The SMILES string of the molecule is CCC(NC(=O)/C=C/c1ccc(C)cc1)c1ncc[nH]1. The van der Waals surface area contributed by atoms with Crippen LogP contribution < -0.4 is 5.32 Å². The molecule has 0 aliphatic rings. The maximum atomic E-state index is 11.9.